The highest BCUT2D eigenvalue weighted by atomic mass is 79.9. The molecule has 0 fully saturated rings. The molecule has 0 amide bonds. The predicted molar refractivity (Wildman–Crippen MR) is 99.3 cm³/mol. The second kappa shape index (κ2) is 9.65. The van der Waals surface area contributed by atoms with Gasteiger partial charge < -0.3 is 14.2 Å². The van der Waals surface area contributed by atoms with Crippen molar-refractivity contribution >= 4 is 21.9 Å². The van der Waals surface area contributed by atoms with Gasteiger partial charge in [0.05, 0.1) is 17.9 Å². The third-order valence-corrected chi connectivity index (χ3v) is 3.95. The van der Waals surface area contributed by atoms with E-state index in [1.807, 2.05) is 38.1 Å². The Morgan fingerprint density at radius 2 is 1.64 bits per heavy atom. The van der Waals surface area contributed by atoms with Crippen LogP contribution in [-0.2, 0) is 14.2 Å². The number of esters is 1. The van der Waals surface area contributed by atoms with Gasteiger partial charge in [-0.25, -0.2) is 9.78 Å². The SMILES string of the molecule is CCOC(=O)c1ccc(-c2ccc(Br)cc2)nc1C(OCC)OCC. The molecule has 0 aliphatic carbocycles. The first-order valence-electron chi connectivity index (χ1n) is 8.27. The number of hydrogen-bond donors (Lipinski definition) is 0. The number of hydrogen-bond acceptors (Lipinski definition) is 5. The Kier molecular flexibility index (Phi) is 7.55. The Bertz CT molecular complexity index is 697. The fourth-order valence-corrected chi connectivity index (χ4v) is 2.59. The molecule has 0 aliphatic heterocycles. The first-order valence-corrected chi connectivity index (χ1v) is 9.07. The van der Waals surface area contributed by atoms with E-state index in [-0.39, 0.29) is 0 Å². The maximum Gasteiger partial charge on any atom is 0.340 e. The van der Waals surface area contributed by atoms with E-state index < -0.39 is 12.3 Å². The van der Waals surface area contributed by atoms with Crippen molar-refractivity contribution in [2.75, 3.05) is 19.8 Å². The first kappa shape index (κ1) is 19.6. The summed E-state index contributed by atoms with van der Waals surface area (Å²) in [5, 5.41) is 0. The summed E-state index contributed by atoms with van der Waals surface area (Å²) in [6.07, 6.45) is -0.718. The van der Waals surface area contributed by atoms with Gasteiger partial charge >= 0.3 is 5.97 Å². The van der Waals surface area contributed by atoms with Gasteiger partial charge in [-0.2, -0.15) is 0 Å². The van der Waals surface area contributed by atoms with Crippen LogP contribution in [0.1, 0.15) is 43.1 Å². The van der Waals surface area contributed by atoms with E-state index in [0.29, 0.717) is 31.1 Å². The Labute approximate surface area is 156 Å². The third kappa shape index (κ3) is 5.11. The molecule has 5 nitrogen and oxygen atoms in total. The van der Waals surface area contributed by atoms with E-state index in [1.165, 1.54) is 0 Å². The minimum absolute atomic E-state index is 0.292. The zero-order valence-corrected chi connectivity index (χ0v) is 16.2. The summed E-state index contributed by atoms with van der Waals surface area (Å²) in [6.45, 7) is 6.68. The second-order valence-electron chi connectivity index (χ2n) is 5.10. The molecule has 1 aromatic heterocycles. The minimum Gasteiger partial charge on any atom is -0.462 e. The number of pyridine rings is 1. The van der Waals surface area contributed by atoms with Crippen LogP contribution in [0.4, 0.5) is 0 Å². The number of carbonyl (C=O) groups is 1. The van der Waals surface area contributed by atoms with Gasteiger partial charge in [-0.1, -0.05) is 28.1 Å². The fourth-order valence-electron chi connectivity index (χ4n) is 2.33. The fraction of sp³-hybridized carbons (Fsp3) is 0.368. The van der Waals surface area contributed by atoms with Gasteiger partial charge in [0.15, 0.2) is 0 Å². The van der Waals surface area contributed by atoms with E-state index in [0.717, 1.165) is 15.7 Å². The molecule has 0 atom stereocenters. The lowest BCUT2D eigenvalue weighted by Gasteiger charge is -2.19. The lowest BCUT2D eigenvalue weighted by Crippen LogP contribution is -2.17. The summed E-state index contributed by atoms with van der Waals surface area (Å²) >= 11 is 3.42. The van der Waals surface area contributed by atoms with Gasteiger partial charge in [-0.15, -0.1) is 0 Å². The summed E-state index contributed by atoms with van der Waals surface area (Å²) < 4.78 is 17.4. The van der Waals surface area contributed by atoms with Crippen LogP contribution in [0, 0.1) is 0 Å². The molecule has 1 heterocycles. The summed E-state index contributed by atoms with van der Waals surface area (Å²) in [5.41, 5.74) is 2.46. The number of nitrogens with zero attached hydrogens (tertiary/aromatic N) is 1. The smallest absolute Gasteiger partial charge is 0.340 e. The van der Waals surface area contributed by atoms with Crippen molar-refractivity contribution in [1.82, 2.24) is 4.98 Å². The molecule has 0 spiro atoms. The molecule has 0 aliphatic rings. The zero-order valence-electron chi connectivity index (χ0n) is 14.6. The van der Waals surface area contributed by atoms with Crippen LogP contribution in [0.25, 0.3) is 11.3 Å². The summed E-state index contributed by atoms with van der Waals surface area (Å²) in [6, 6.07) is 11.3. The lowest BCUT2D eigenvalue weighted by atomic mass is 10.1. The zero-order chi connectivity index (χ0) is 18.2. The Morgan fingerprint density at radius 1 is 1.00 bits per heavy atom. The van der Waals surface area contributed by atoms with Crippen molar-refractivity contribution < 1.29 is 19.0 Å². The number of aromatic nitrogens is 1. The second-order valence-corrected chi connectivity index (χ2v) is 6.01. The van der Waals surface area contributed by atoms with E-state index in [1.54, 1.807) is 19.1 Å². The number of benzene rings is 1. The highest BCUT2D eigenvalue weighted by molar-refractivity contribution is 9.10. The number of ether oxygens (including phenoxy) is 3. The maximum atomic E-state index is 12.3. The van der Waals surface area contributed by atoms with Crippen LogP contribution >= 0.6 is 15.9 Å². The highest BCUT2D eigenvalue weighted by Crippen LogP contribution is 2.27. The van der Waals surface area contributed by atoms with Crippen LogP contribution in [0.5, 0.6) is 0 Å². The molecule has 0 saturated heterocycles. The van der Waals surface area contributed by atoms with Crippen molar-refractivity contribution in [2.24, 2.45) is 0 Å². The van der Waals surface area contributed by atoms with E-state index in [2.05, 4.69) is 20.9 Å². The molecule has 6 heteroatoms. The van der Waals surface area contributed by atoms with Crippen molar-refractivity contribution in [3.8, 4) is 11.3 Å². The highest BCUT2D eigenvalue weighted by Gasteiger charge is 2.23. The van der Waals surface area contributed by atoms with Crippen molar-refractivity contribution in [1.29, 1.82) is 0 Å². The predicted octanol–water partition coefficient (Wildman–Crippen LogP) is 4.76. The van der Waals surface area contributed by atoms with Gasteiger partial charge in [-0.05, 0) is 45.0 Å². The number of carbonyl (C=O) groups excluding carboxylic acids is 1. The number of rotatable bonds is 8. The molecule has 0 bridgehead atoms. The van der Waals surface area contributed by atoms with E-state index >= 15 is 0 Å². The third-order valence-electron chi connectivity index (χ3n) is 3.42. The summed E-state index contributed by atoms with van der Waals surface area (Å²) in [4.78, 5) is 16.9. The number of halogens is 1. The largest absolute Gasteiger partial charge is 0.462 e. The van der Waals surface area contributed by atoms with E-state index in [9.17, 15) is 4.79 Å². The van der Waals surface area contributed by atoms with Crippen LogP contribution in [-0.4, -0.2) is 30.8 Å². The molecule has 0 saturated carbocycles. The quantitative estimate of drug-likeness (QED) is 0.466. The Hall–Kier alpha value is -1.76. The standard InChI is InChI=1S/C19H22BrNO4/c1-4-23-18(22)15-11-12-16(13-7-9-14(20)10-8-13)21-17(15)19(24-5-2)25-6-3/h7-12,19H,4-6H2,1-3H3. The molecule has 1 aromatic carbocycles. The Balaban J connectivity index is 2.50. The van der Waals surface area contributed by atoms with Crippen molar-refractivity contribution in [2.45, 2.75) is 27.1 Å². The van der Waals surface area contributed by atoms with Gasteiger partial charge in [-0.3, -0.25) is 0 Å². The van der Waals surface area contributed by atoms with Crippen LogP contribution in [0.2, 0.25) is 0 Å². The van der Waals surface area contributed by atoms with Crippen molar-refractivity contribution in [3.05, 3.63) is 52.1 Å². The summed E-state index contributed by atoms with van der Waals surface area (Å²) in [5.74, 6) is -0.434. The molecule has 0 radical (unpaired) electrons. The van der Waals surface area contributed by atoms with Gasteiger partial charge in [0.2, 0.25) is 6.29 Å². The molecular weight excluding hydrogens is 386 g/mol. The molecule has 25 heavy (non-hydrogen) atoms. The van der Waals surface area contributed by atoms with E-state index in [4.69, 9.17) is 14.2 Å². The molecule has 134 valence electrons. The minimum atomic E-state index is -0.718. The average molecular weight is 408 g/mol. The first-order chi connectivity index (χ1) is 12.1. The lowest BCUT2D eigenvalue weighted by molar-refractivity contribution is -0.143. The topological polar surface area (TPSA) is 57.7 Å². The molecule has 0 N–H and O–H groups in total. The molecule has 0 unspecified atom stereocenters. The monoisotopic (exact) mass is 407 g/mol. The molecule has 2 rings (SSSR count). The van der Waals surface area contributed by atoms with Gasteiger partial charge in [0, 0.05) is 23.2 Å². The van der Waals surface area contributed by atoms with Gasteiger partial charge in [0.1, 0.15) is 5.69 Å². The Morgan fingerprint density at radius 3 is 2.20 bits per heavy atom. The molecular formula is C19H22BrNO4. The summed E-state index contributed by atoms with van der Waals surface area (Å²) in [7, 11) is 0. The van der Waals surface area contributed by atoms with Crippen LogP contribution < -0.4 is 0 Å². The maximum absolute atomic E-state index is 12.3. The van der Waals surface area contributed by atoms with Crippen LogP contribution in [0.3, 0.4) is 0 Å². The normalized spacial score (nSPS) is 10.9. The van der Waals surface area contributed by atoms with Crippen molar-refractivity contribution in [3.63, 3.8) is 0 Å². The van der Waals surface area contributed by atoms with Crippen LogP contribution in [0.15, 0.2) is 40.9 Å². The van der Waals surface area contributed by atoms with Gasteiger partial charge in [0.25, 0.3) is 0 Å². The average Bonchev–Trinajstić information content (AvgIpc) is 2.62. The molecule has 2 aromatic rings.